The van der Waals surface area contributed by atoms with Crippen molar-refractivity contribution in [2.24, 2.45) is 17.6 Å². The molecular weight excluding hydrogens is 202 g/mol. The fraction of sp³-hybridized carbons (Fsp3) is 0.917. The highest BCUT2D eigenvalue weighted by Gasteiger charge is 2.33. The molecule has 0 spiro atoms. The molecule has 0 heterocycles. The second-order valence-electron chi connectivity index (χ2n) is 5.34. The molecule has 0 radical (unpaired) electrons. The summed E-state index contributed by atoms with van der Waals surface area (Å²) in [7, 11) is 3.89. The molecule has 3 N–H and O–H groups in total. The van der Waals surface area contributed by atoms with Crippen molar-refractivity contribution in [2.75, 3.05) is 20.6 Å². The van der Waals surface area contributed by atoms with Gasteiger partial charge in [-0.3, -0.25) is 9.69 Å². The highest BCUT2D eigenvalue weighted by atomic mass is 16.2. The molecule has 4 nitrogen and oxygen atoms in total. The van der Waals surface area contributed by atoms with E-state index in [1.54, 1.807) is 0 Å². The normalized spacial score (nSPS) is 19.9. The second-order valence-corrected chi connectivity index (χ2v) is 5.34. The summed E-state index contributed by atoms with van der Waals surface area (Å²) in [6, 6.07) is 0.112. The van der Waals surface area contributed by atoms with Crippen LogP contribution in [0.15, 0.2) is 0 Å². The van der Waals surface area contributed by atoms with Gasteiger partial charge in [0.05, 0.1) is 6.04 Å². The molecule has 1 amide bonds. The van der Waals surface area contributed by atoms with Crippen LogP contribution in [0.2, 0.25) is 0 Å². The van der Waals surface area contributed by atoms with E-state index in [1.165, 1.54) is 12.8 Å². The number of rotatable bonds is 6. The Kier molecular flexibility index (Phi) is 4.74. The van der Waals surface area contributed by atoms with Crippen LogP contribution in [0.25, 0.3) is 0 Å². The molecule has 1 aliphatic carbocycles. The predicted octanol–water partition coefficient (Wildman–Crippen LogP) is 0.426. The molecule has 0 saturated heterocycles. The van der Waals surface area contributed by atoms with Gasteiger partial charge in [0.1, 0.15) is 0 Å². The number of nitrogens with one attached hydrogen (secondary N) is 1. The number of hydrogen-bond donors (Lipinski definition) is 2. The lowest BCUT2D eigenvalue weighted by Crippen LogP contribution is -2.52. The summed E-state index contributed by atoms with van der Waals surface area (Å²) in [5, 5.41) is 3.09. The molecule has 1 aliphatic rings. The van der Waals surface area contributed by atoms with Gasteiger partial charge in [-0.25, -0.2) is 0 Å². The van der Waals surface area contributed by atoms with Crippen molar-refractivity contribution in [3.63, 3.8) is 0 Å². The molecule has 1 fully saturated rings. The van der Waals surface area contributed by atoms with Crippen LogP contribution in [0.3, 0.4) is 0 Å². The number of carbonyl (C=O) groups is 1. The Morgan fingerprint density at radius 3 is 2.31 bits per heavy atom. The molecule has 1 saturated carbocycles. The summed E-state index contributed by atoms with van der Waals surface area (Å²) in [4.78, 5) is 14.1. The van der Waals surface area contributed by atoms with Gasteiger partial charge < -0.3 is 11.1 Å². The number of hydrogen-bond acceptors (Lipinski definition) is 3. The zero-order valence-electron chi connectivity index (χ0n) is 10.9. The summed E-state index contributed by atoms with van der Waals surface area (Å²) in [5.41, 5.74) is 5.69. The third-order valence-corrected chi connectivity index (χ3v) is 3.23. The lowest BCUT2D eigenvalue weighted by Gasteiger charge is -2.28. The summed E-state index contributed by atoms with van der Waals surface area (Å²) < 4.78 is 0. The van der Waals surface area contributed by atoms with Crippen molar-refractivity contribution < 1.29 is 4.79 Å². The van der Waals surface area contributed by atoms with Crippen LogP contribution in [0.1, 0.15) is 26.7 Å². The number of nitrogens with two attached hydrogens (primary N) is 1. The van der Waals surface area contributed by atoms with Gasteiger partial charge in [-0.1, -0.05) is 13.8 Å². The van der Waals surface area contributed by atoms with Gasteiger partial charge in [0.15, 0.2) is 0 Å². The van der Waals surface area contributed by atoms with Crippen LogP contribution in [-0.4, -0.2) is 43.5 Å². The third-order valence-electron chi connectivity index (χ3n) is 3.23. The van der Waals surface area contributed by atoms with Crippen molar-refractivity contribution in [3.8, 4) is 0 Å². The van der Waals surface area contributed by atoms with Gasteiger partial charge in [-0.2, -0.15) is 0 Å². The summed E-state index contributed by atoms with van der Waals surface area (Å²) in [6.07, 6.45) is 2.41. The topological polar surface area (TPSA) is 58.4 Å². The highest BCUT2D eigenvalue weighted by molar-refractivity contribution is 5.82. The zero-order chi connectivity index (χ0) is 12.3. The molecule has 0 bridgehead atoms. The first kappa shape index (κ1) is 13.5. The number of amides is 1. The maximum atomic E-state index is 12.1. The predicted molar refractivity (Wildman–Crippen MR) is 66.0 cm³/mol. The van der Waals surface area contributed by atoms with E-state index < -0.39 is 0 Å². The average molecular weight is 227 g/mol. The maximum Gasteiger partial charge on any atom is 0.237 e. The third kappa shape index (κ3) is 3.46. The largest absolute Gasteiger partial charge is 0.350 e. The molecule has 16 heavy (non-hydrogen) atoms. The first-order valence-electron chi connectivity index (χ1n) is 6.14. The van der Waals surface area contributed by atoms with E-state index in [2.05, 4.69) is 19.2 Å². The molecule has 2 atom stereocenters. The minimum absolute atomic E-state index is 0.0622. The van der Waals surface area contributed by atoms with Crippen LogP contribution in [0.5, 0.6) is 0 Å². The molecule has 0 aromatic carbocycles. The molecule has 0 aliphatic heterocycles. The Hall–Kier alpha value is -0.610. The van der Waals surface area contributed by atoms with E-state index in [9.17, 15) is 4.79 Å². The van der Waals surface area contributed by atoms with E-state index in [4.69, 9.17) is 5.73 Å². The smallest absolute Gasteiger partial charge is 0.237 e. The Morgan fingerprint density at radius 2 is 2.00 bits per heavy atom. The van der Waals surface area contributed by atoms with Crippen LogP contribution in [0.4, 0.5) is 0 Å². The maximum absolute atomic E-state index is 12.1. The van der Waals surface area contributed by atoms with Crippen LogP contribution in [0, 0.1) is 11.8 Å². The Balaban J connectivity index is 2.53. The van der Waals surface area contributed by atoms with Gasteiger partial charge in [0.2, 0.25) is 5.91 Å². The summed E-state index contributed by atoms with van der Waals surface area (Å²) >= 11 is 0. The fourth-order valence-electron chi connectivity index (χ4n) is 2.27. The lowest BCUT2D eigenvalue weighted by atomic mass is 10.0. The second kappa shape index (κ2) is 5.64. The van der Waals surface area contributed by atoms with Gasteiger partial charge in [0.25, 0.3) is 0 Å². The van der Waals surface area contributed by atoms with E-state index in [1.807, 2.05) is 19.0 Å². The summed E-state index contributed by atoms with van der Waals surface area (Å²) in [6.45, 7) is 4.69. The monoisotopic (exact) mass is 227 g/mol. The molecule has 0 aromatic heterocycles. The molecular formula is C12H25N3O. The Labute approximate surface area is 98.6 Å². The number of likely N-dealkylation sites (N-methyl/N-ethyl adjacent to an activating group) is 1. The Bertz CT molecular complexity index is 228. The van der Waals surface area contributed by atoms with Crippen LogP contribution < -0.4 is 11.1 Å². The first-order valence-corrected chi connectivity index (χ1v) is 6.14. The minimum atomic E-state index is -0.0622. The van der Waals surface area contributed by atoms with E-state index >= 15 is 0 Å². The zero-order valence-corrected chi connectivity index (χ0v) is 10.9. The van der Waals surface area contributed by atoms with Gasteiger partial charge in [-0.15, -0.1) is 0 Å². The van der Waals surface area contributed by atoms with Gasteiger partial charge in [-0.05, 0) is 38.8 Å². The number of carbonyl (C=O) groups excluding carboxylic acids is 1. The standard InChI is InChI=1S/C12H25N3O/c1-8(2)11(15(3)4)12(16)14-10(7-13)9-5-6-9/h8-11H,5-7,13H2,1-4H3,(H,14,16). The number of nitrogens with zero attached hydrogens (tertiary/aromatic N) is 1. The molecule has 1 rings (SSSR count). The summed E-state index contributed by atoms with van der Waals surface area (Å²) in [5.74, 6) is 1.04. The van der Waals surface area contributed by atoms with Crippen molar-refractivity contribution >= 4 is 5.91 Å². The first-order chi connectivity index (χ1) is 7.47. The van der Waals surface area contributed by atoms with Crippen molar-refractivity contribution in [1.29, 1.82) is 0 Å². The Morgan fingerprint density at radius 1 is 1.44 bits per heavy atom. The van der Waals surface area contributed by atoms with E-state index in [0.717, 1.165) is 0 Å². The lowest BCUT2D eigenvalue weighted by molar-refractivity contribution is -0.127. The molecule has 4 heteroatoms. The van der Waals surface area contributed by atoms with Crippen molar-refractivity contribution in [3.05, 3.63) is 0 Å². The van der Waals surface area contributed by atoms with E-state index in [-0.39, 0.29) is 18.0 Å². The fourth-order valence-corrected chi connectivity index (χ4v) is 2.27. The van der Waals surface area contributed by atoms with Crippen molar-refractivity contribution in [2.45, 2.75) is 38.8 Å². The SMILES string of the molecule is CC(C)C(C(=O)NC(CN)C1CC1)N(C)C. The quantitative estimate of drug-likeness (QED) is 0.691. The van der Waals surface area contributed by atoms with Gasteiger partial charge >= 0.3 is 0 Å². The van der Waals surface area contributed by atoms with Gasteiger partial charge in [0, 0.05) is 12.6 Å². The molecule has 2 unspecified atom stereocenters. The highest BCUT2D eigenvalue weighted by Crippen LogP contribution is 2.32. The minimum Gasteiger partial charge on any atom is -0.350 e. The van der Waals surface area contributed by atoms with Crippen molar-refractivity contribution in [1.82, 2.24) is 10.2 Å². The average Bonchev–Trinajstić information content (AvgIpc) is 2.95. The van der Waals surface area contributed by atoms with E-state index in [0.29, 0.717) is 18.4 Å². The van der Waals surface area contributed by atoms with Crippen LogP contribution >= 0.6 is 0 Å². The molecule has 94 valence electrons. The molecule has 0 aromatic rings. The van der Waals surface area contributed by atoms with Crippen LogP contribution in [-0.2, 0) is 4.79 Å².